The first kappa shape index (κ1) is 17.9. The Hall–Kier alpha value is -2.40. The Balaban J connectivity index is 2.47. The molecule has 1 aromatic heterocycles. The molecular weight excluding hydrogens is 369 g/mol. The number of hydrogen-bond acceptors (Lipinski definition) is 3. The van der Waals surface area contributed by atoms with Crippen molar-refractivity contribution in [2.45, 2.75) is 0 Å². The van der Waals surface area contributed by atoms with Crippen LogP contribution in [0.3, 0.4) is 0 Å². The molecule has 6 nitrogen and oxygen atoms in total. The van der Waals surface area contributed by atoms with Gasteiger partial charge in [0, 0.05) is 12.6 Å². The molecule has 2 rings (SSSR count). The lowest BCUT2D eigenvalue weighted by Crippen LogP contribution is -2.45. The van der Waals surface area contributed by atoms with Crippen LogP contribution in [0.4, 0.5) is 5.69 Å². The Kier molecular flexibility index (Phi) is 5.93. The molecule has 0 unspecified atom stereocenters. The molecule has 122 valence electrons. The Morgan fingerprint density at radius 3 is 2.46 bits per heavy atom. The first-order valence-corrected chi connectivity index (χ1v) is 7.74. The maximum Gasteiger partial charge on any atom is 0.270 e. The van der Waals surface area contributed by atoms with Gasteiger partial charge in [0.2, 0.25) is 0 Å². The zero-order chi connectivity index (χ0) is 17.7. The van der Waals surface area contributed by atoms with Crippen LogP contribution in [0.15, 0.2) is 30.3 Å². The van der Waals surface area contributed by atoms with Crippen LogP contribution in [0, 0.1) is 6.57 Å². The van der Waals surface area contributed by atoms with Gasteiger partial charge in [0.05, 0.1) is 6.57 Å². The summed E-state index contributed by atoms with van der Waals surface area (Å²) in [7, 11) is 1.62. The number of nitrogens with zero attached hydrogens (tertiary/aromatic N) is 2. The van der Waals surface area contributed by atoms with Crippen molar-refractivity contribution in [1.82, 2.24) is 21.2 Å². The molecule has 0 aliphatic rings. The minimum Gasteiger partial charge on any atom is -0.364 e. The molecule has 0 saturated carbocycles. The second-order valence-corrected chi connectivity index (χ2v) is 5.68. The number of hydrogen-bond donors (Lipinski definition) is 3. The van der Waals surface area contributed by atoms with E-state index in [0.717, 1.165) is 0 Å². The second kappa shape index (κ2) is 7.93. The minimum absolute atomic E-state index is 0.187. The fraction of sp³-hybridized carbons (Fsp3) is 0.0667. The lowest BCUT2D eigenvalue weighted by molar-refractivity contribution is 0.0944. The lowest BCUT2D eigenvalue weighted by Gasteiger charge is -2.13. The van der Waals surface area contributed by atoms with Gasteiger partial charge >= 0.3 is 0 Å². The van der Waals surface area contributed by atoms with Gasteiger partial charge in [-0.2, -0.15) is 0 Å². The zero-order valence-corrected chi connectivity index (χ0v) is 14.7. The number of carbonyl (C=O) groups excluding carboxylic acids is 1. The highest BCUT2D eigenvalue weighted by atomic mass is 35.5. The van der Waals surface area contributed by atoms with Gasteiger partial charge in [0.15, 0.2) is 10.8 Å². The van der Waals surface area contributed by atoms with Crippen LogP contribution in [0.5, 0.6) is 0 Å². The Morgan fingerprint density at radius 2 is 1.88 bits per heavy atom. The van der Waals surface area contributed by atoms with Gasteiger partial charge in [0.1, 0.15) is 10.3 Å². The van der Waals surface area contributed by atoms with Crippen molar-refractivity contribution in [1.29, 1.82) is 0 Å². The van der Waals surface area contributed by atoms with Gasteiger partial charge in [-0.25, -0.2) is 9.83 Å². The number of nitrogens with one attached hydrogen (secondary N) is 3. The van der Waals surface area contributed by atoms with Crippen molar-refractivity contribution in [3.63, 3.8) is 0 Å². The standard InChI is InChI=1S/C15H11Cl2N5OS/c1-18-9-3-4-10(14(23)21-22-15(24)19-2)11(7-9)8-5-12(16)20-13(17)6-8/h3-7H,2H3,(H,21,23)(H2,19,22,24). The van der Waals surface area contributed by atoms with Crippen LogP contribution in [0.1, 0.15) is 10.4 Å². The van der Waals surface area contributed by atoms with Gasteiger partial charge < -0.3 is 5.32 Å². The number of amides is 1. The van der Waals surface area contributed by atoms with Gasteiger partial charge in [0.25, 0.3) is 5.91 Å². The third-order valence-electron chi connectivity index (χ3n) is 2.97. The van der Waals surface area contributed by atoms with E-state index in [2.05, 4.69) is 26.0 Å². The monoisotopic (exact) mass is 379 g/mol. The first-order valence-electron chi connectivity index (χ1n) is 6.57. The summed E-state index contributed by atoms with van der Waals surface area (Å²) in [5, 5.41) is 3.31. The van der Waals surface area contributed by atoms with E-state index in [1.807, 2.05) is 0 Å². The molecule has 0 aliphatic heterocycles. The summed E-state index contributed by atoms with van der Waals surface area (Å²) in [6, 6.07) is 7.81. The first-order chi connectivity index (χ1) is 11.4. The molecule has 0 fully saturated rings. The highest BCUT2D eigenvalue weighted by Crippen LogP contribution is 2.31. The number of pyridine rings is 1. The quantitative estimate of drug-likeness (QED) is 0.323. The Morgan fingerprint density at radius 1 is 1.21 bits per heavy atom. The topological polar surface area (TPSA) is 70.4 Å². The van der Waals surface area contributed by atoms with Crippen LogP contribution in [-0.2, 0) is 0 Å². The van der Waals surface area contributed by atoms with Gasteiger partial charge in [-0.15, -0.1) is 0 Å². The van der Waals surface area contributed by atoms with E-state index in [0.29, 0.717) is 22.4 Å². The van der Waals surface area contributed by atoms with Crippen LogP contribution in [0.25, 0.3) is 16.0 Å². The number of carbonyl (C=O) groups is 1. The normalized spacial score (nSPS) is 9.75. The molecule has 0 bridgehead atoms. The Bertz CT molecular complexity index is 830. The molecule has 9 heteroatoms. The average Bonchev–Trinajstić information content (AvgIpc) is 2.57. The van der Waals surface area contributed by atoms with Crippen molar-refractivity contribution in [3.05, 3.63) is 57.6 Å². The second-order valence-electron chi connectivity index (χ2n) is 4.50. The van der Waals surface area contributed by atoms with Gasteiger partial charge in [-0.05, 0) is 41.5 Å². The summed E-state index contributed by atoms with van der Waals surface area (Å²) in [6.07, 6.45) is 0. The molecule has 0 atom stereocenters. The summed E-state index contributed by atoms with van der Waals surface area (Å²) in [5.41, 5.74) is 6.82. The summed E-state index contributed by atoms with van der Waals surface area (Å²) < 4.78 is 0. The number of rotatable bonds is 2. The molecule has 1 aromatic carbocycles. The van der Waals surface area contributed by atoms with Crippen LogP contribution in [0.2, 0.25) is 10.3 Å². The Labute approximate surface area is 154 Å². The van der Waals surface area contributed by atoms with Crippen molar-refractivity contribution >= 4 is 52.1 Å². The fourth-order valence-electron chi connectivity index (χ4n) is 1.90. The molecule has 1 amide bonds. The SMILES string of the molecule is [C-]#[N+]c1ccc(C(=O)NNC(=S)NC)c(-c2cc(Cl)nc(Cl)c2)c1. The number of thiocarbonyl (C=S) groups is 1. The summed E-state index contributed by atoms with van der Waals surface area (Å²) in [6.45, 7) is 7.15. The van der Waals surface area contributed by atoms with Gasteiger partial charge in [-0.1, -0.05) is 35.3 Å². The smallest absolute Gasteiger partial charge is 0.270 e. The predicted molar refractivity (Wildman–Crippen MR) is 98.2 cm³/mol. The van der Waals surface area contributed by atoms with Crippen LogP contribution >= 0.6 is 35.4 Å². The molecular formula is C15H11Cl2N5OS. The van der Waals surface area contributed by atoms with E-state index in [4.69, 9.17) is 42.0 Å². The lowest BCUT2D eigenvalue weighted by atomic mass is 9.99. The van der Waals surface area contributed by atoms with Crippen molar-refractivity contribution in [3.8, 4) is 11.1 Å². The third-order valence-corrected chi connectivity index (χ3v) is 3.66. The third kappa shape index (κ3) is 4.32. The van der Waals surface area contributed by atoms with Crippen LogP contribution < -0.4 is 16.2 Å². The van der Waals surface area contributed by atoms with Crippen molar-refractivity contribution in [2.24, 2.45) is 0 Å². The van der Waals surface area contributed by atoms with E-state index >= 15 is 0 Å². The summed E-state index contributed by atoms with van der Waals surface area (Å²) in [4.78, 5) is 19.7. The fourth-order valence-corrected chi connectivity index (χ4v) is 2.41. The van der Waals surface area contributed by atoms with E-state index < -0.39 is 5.91 Å². The zero-order valence-electron chi connectivity index (χ0n) is 12.4. The summed E-state index contributed by atoms with van der Waals surface area (Å²) >= 11 is 16.8. The minimum atomic E-state index is -0.428. The van der Waals surface area contributed by atoms with Crippen LogP contribution in [-0.4, -0.2) is 23.1 Å². The molecule has 0 saturated heterocycles. The van der Waals surface area contributed by atoms with Gasteiger partial charge in [-0.3, -0.25) is 15.6 Å². The van der Waals surface area contributed by atoms with E-state index in [-0.39, 0.29) is 15.4 Å². The van der Waals surface area contributed by atoms with Crippen molar-refractivity contribution < 1.29 is 4.79 Å². The molecule has 0 radical (unpaired) electrons. The average molecular weight is 380 g/mol. The number of aromatic nitrogens is 1. The molecule has 2 aromatic rings. The number of halogens is 2. The highest BCUT2D eigenvalue weighted by Gasteiger charge is 2.15. The highest BCUT2D eigenvalue weighted by molar-refractivity contribution is 7.80. The summed E-state index contributed by atoms with van der Waals surface area (Å²) in [5.74, 6) is -0.428. The molecule has 0 aliphatic carbocycles. The maximum atomic E-state index is 12.4. The number of benzene rings is 1. The molecule has 3 N–H and O–H groups in total. The van der Waals surface area contributed by atoms with Crippen molar-refractivity contribution in [2.75, 3.05) is 7.05 Å². The van der Waals surface area contributed by atoms with E-state index in [9.17, 15) is 4.79 Å². The van der Waals surface area contributed by atoms with E-state index in [1.54, 1.807) is 37.4 Å². The molecule has 0 spiro atoms. The molecule has 24 heavy (non-hydrogen) atoms. The van der Waals surface area contributed by atoms with E-state index in [1.165, 1.54) is 0 Å². The number of hydrazine groups is 1. The predicted octanol–water partition coefficient (Wildman–Crippen LogP) is 3.34. The largest absolute Gasteiger partial charge is 0.364 e. The molecule has 1 heterocycles. The maximum absolute atomic E-state index is 12.4.